The van der Waals surface area contributed by atoms with Crippen molar-refractivity contribution in [3.05, 3.63) is 0 Å². The molecule has 8 nitrogen and oxygen atoms in total. The predicted molar refractivity (Wildman–Crippen MR) is 106 cm³/mol. The van der Waals surface area contributed by atoms with Gasteiger partial charge in [-0.3, -0.25) is 14.4 Å². The molecule has 0 saturated heterocycles. The van der Waals surface area contributed by atoms with Crippen LogP contribution in [-0.4, -0.2) is 55.0 Å². The van der Waals surface area contributed by atoms with E-state index in [9.17, 15) is 14.4 Å². The SMILES string of the molecule is CCC(=O)C(CN)NC(=O)CNC(=O)C(CCN)CC1CCCC1.CCO. The third kappa shape index (κ3) is 11.0. The van der Waals surface area contributed by atoms with Crippen molar-refractivity contribution in [1.82, 2.24) is 10.6 Å². The van der Waals surface area contributed by atoms with Crippen LogP contribution in [-0.2, 0) is 14.4 Å². The molecule has 0 bridgehead atoms. The Kier molecular flexibility index (Phi) is 14.7. The van der Waals surface area contributed by atoms with E-state index < -0.39 is 11.9 Å². The highest BCUT2D eigenvalue weighted by molar-refractivity contribution is 5.91. The first-order valence-corrected chi connectivity index (χ1v) is 10.0. The Labute approximate surface area is 162 Å². The Morgan fingerprint density at radius 2 is 1.74 bits per heavy atom. The number of aliphatic hydroxyl groups is 1. The molecule has 27 heavy (non-hydrogen) atoms. The van der Waals surface area contributed by atoms with E-state index in [0.29, 0.717) is 25.3 Å². The summed E-state index contributed by atoms with van der Waals surface area (Å²) in [6.45, 7) is 4.03. The molecule has 1 fully saturated rings. The van der Waals surface area contributed by atoms with E-state index in [1.165, 1.54) is 25.7 Å². The lowest BCUT2D eigenvalue weighted by Gasteiger charge is -2.20. The van der Waals surface area contributed by atoms with Gasteiger partial charge in [0, 0.05) is 25.5 Å². The minimum atomic E-state index is -0.683. The van der Waals surface area contributed by atoms with E-state index in [0.717, 1.165) is 6.42 Å². The minimum Gasteiger partial charge on any atom is -0.397 e. The van der Waals surface area contributed by atoms with Crippen molar-refractivity contribution in [2.24, 2.45) is 23.3 Å². The lowest BCUT2D eigenvalue weighted by molar-refractivity contribution is -0.130. The molecular weight excluding hydrogens is 348 g/mol. The Morgan fingerprint density at radius 1 is 1.15 bits per heavy atom. The van der Waals surface area contributed by atoms with Crippen molar-refractivity contribution in [2.45, 2.75) is 64.8 Å². The van der Waals surface area contributed by atoms with Crippen LogP contribution in [0, 0.1) is 11.8 Å². The number of hydrogen-bond donors (Lipinski definition) is 5. The van der Waals surface area contributed by atoms with Crippen LogP contribution < -0.4 is 22.1 Å². The summed E-state index contributed by atoms with van der Waals surface area (Å²) in [5.74, 6) is -0.195. The Bertz CT molecular complexity index is 439. The Balaban J connectivity index is 0.00000210. The molecule has 0 aromatic carbocycles. The standard InChI is InChI=1S/C17H32N4O3.C2H6O/c1-2-15(22)14(10-19)21-16(23)11-20-17(24)13(7-8-18)9-12-5-3-4-6-12;1-2-3/h12-14H,2-11,18-19H2,1H3,(H,20,24)(H,21,23);3H,2H2,1H3. The van der Waals surface area contributed by atoms with Crippen molar-refractivity contribution < 1.29 is 19.5 Å². The van der Waals surface area contributed by atoms with E-state index in [1.54, 1.807) is 13.8 Å². The highest BCUT2D eigenvalue weighted by Crippen LogP contribution is 2.31. The quantitative estimate of drug-likeness (QED) is 0.339. The van der Waals surface area contributed by atoms with Crippen LogP contribution in [0.4, 0.5) is 0 Å². The summed E-state index contributed by atoms with van der Waals surface area (Å²) in [6, 6.07) is -0.683. The van der Waals surface area contributed by atoms with Crippen molar-refractivity contribution in [3.8, 4) is 0 Å². The number of rotatable bonds is 11. The van der Waals surface area contributed by atoms with Crippen molar-refractivity contribution in [2.75, 3.05) is 26.2 Å². The molecule has 1 saturated carbocycles. The summed E-state index contributed by atoms with van der Waals surface area (Å²) in [6.07, 6.45) is 6.59. The van der Waals surface area contributed by atoms with Crippen molar-refractivity contribution in [3.63, 3.8) is 0 Å². The fraction of sp³-hybridized carbons (Fsp3) is 0.842. The topological polar surface area (TPSA) is 148 Å². The summed E-state index contributed by atoms with van der Waals surface area (Å²) in [5.41, 5.74) is 11.1. The number of Topliss-reactive ketones (excluding diaryl/α,β-unsaturated/α-hetero) is 1. The van der Waals surface area contributed by atoms with Crippen LogP contribution in [0.2, 0.25) is 0 Å². The number of aliphatic hydroxyl groups excluding tert-OH is 1. The van der Waals surface area contributed by atoms with Crippen LogP contribution in [0.25, 0.3) is 0 Å². The molecular formula is C19H38N4O4. The van der Waals surface area contributed by atoms with Gasteiger partial charge >= 0.3 is 0 Å². The summed E-state index contributed by atoms with van der Waals surface area (Å²) in [5, 5.41) is 12.8. The van der Waals surface area contributed by atoms with Gasteiger partial charge in [-0.15, -0.1) is 0 Å². The fourth-order valence-electron chi connectivity index (χ4n) is 3.28. The fourth-order valence-corrected chi connectivity index (χ4v) is 3.28. The van der Waals surface area contributed by atoms with Gasteiger partial charge in [0.2, 0.25) is 11.8 Å². The molecule has 2 amide bonds. The second kappa shape index (κ2) is 15.5. The summed E-state index contributed by atoms with van der Waals surface area (Å²) >= 11 is 0. The maximum absolute atomic E-state index is 12.3. The molecule has 2 unspecified atom stereocenters. The molecule has 0 radical (unpaired) electrons. The number of nitrogens with one attached hydrogen (secondary N) is 2. The third-order valence-corrected chi connectivity index (χ3v) is 4.71. The van der Waals surface area contributed by atoms with Gasteiger partial charge in [0.25, 0.3) is 0 Å². The lowest BCUT2D eigenvalue weighted by Crippen LogP contribution is -2.49. The van der Waals surface area contributed by atoms with E-state index in [1.807, 2.05) is 0 Å². The molecule has 0 spiro atoms. The third-order valence-electron chi connectivity index (χ3n) is 4.71. The number of hydrogen-bond acceptors (Lipinski definition) is 6. The molecule has 0 aromatic heterocycles. The van der Waals surface area contributed by atoms with E-state index >= 15 is 0 Å². The molecule has 2 atom stereocenters. The number of carbonyl (C=O) groups excluding carboxylic acids is 3. The van der Waals surface area contributed by atoms with Crippen LogP contribution in [0.5, 0.6) is 0 Å². The van der Waals surface area contributed by atoms with Gasteiger partial charge in [-0.2, -0.15) is 0 Å². The van der Waals surface area contributed by atoms with Gasteiger partial charge in [0.1, 0.15) is 0 Å². The molecule has 0 heterocycles. The average molecular weight is 387 g/mol. The van der Waals surface area contributed by atoms with Crippen LogP contribution in [0.15, 0.2) is 0 Å². The minimum absolute atomic E-state index is 0.0594. The summed E-state index contributed by atoms with van der Waals surface area (Å²) in [4.78, 5) is 35.8. The number of amides is 2. The van der Waals surface area contributed by atoms with Gasteiger partial charge in [-0.05, 0) is 32.2 Å². The van der Waals surface area contributed by atoms with Crippen molar-refractivity contribution in [1.29, 1.82) is 0 Å². The van der Waals surface area contributed by atoms with Gasteiger partial charge in [0.05, 0.1) is 12.6 Å². The average Bonchev–Trinajstić information content (AvgIpc) is 3.17. The maximum atomic E-state index is 12.3. The molecule has 1 aliphatic carbocycles. The van der Waals surface area contributed by atoms with E-state index in [2.05, 4.69) is 10.6 Å². The largest absolute Gasteiger partial charge is 0.397 e. The van der Waals surface area contributed by atoms with Gasteiger partial charge in [0.15, 0.2) is 5.78 Å². The number of carbonyl (C=O) groups is 3. The maximum Gasteiger partial charge on any atom is 0.240 e. The highest BCUT2D eigenvalue weighted by atomic mass is 16.2. The predicted octanol–water partition coefficient (Wildman–Crippen LogP) is 0.0691. The molecule has 1 aliphatic rings. The zero-order valence-corrected chi connectivity index (χ0v) is 16.8. The molecule has 0 aromatic rings. The summed E-state index contributed by atoms with van der Waals surface area (Å²) in [7, 11) is 0. The number of ketones is 1. The first kappa shape index (κ1) is 25.5. The molecule has 0 aliphatic heterocycles. The van der Waals surface area contributed by atoms with Crippen molar-refractivity contribution >= 4 is 17.6 Å². The zero-order valence-electron chi connectivity index (χ0n) is 16.8. The summed E-state index contributed by atoms with van der Waals surface area (Å²) < 4.78 is 0. The molecule has 158 valence electrons. The first-order valence-electron chi connectivity index (χ1n) is 10.0. The van der Waals surface area contributed by atoms with Gasteiger partial charge in [-0.25, -0.2) is 0 Å². The van der Waals surface area contributed by atoms with E-state index in [4.69, 9.17) is 16.6 Å². The normalized spacial score (nSPS) is 16.0. The highest BCUT2D eigenvalue weighted by Gasteiger charge is 2.25. The second-order valence-electron chi connectivity index (χ2n) is 6.87. The van der Waals surface area contributed by atoms with Crippen LogP contribution >= 0.6 is 0 Å². The monoisotopic (exact) mass is 386 g/mol. The first-order chi connectivity index (χ1) is 12.9. The van der Waals surface area contributed by atoms with Crippen LogP contribution in [0.1, 0.15) is 58.8 Å². The van der Waals surface area contributed by atoms with E-state index in [-0.39, 0.29) is 37.3 Å². The second-order valence-corrected chi connectivity index (χ2v) is 6.87. The Hall–Kier alpha value is -1.51. The number of nitrogens with two attached hydrogens (primary N) is 2. The molecule has 7 N–H and O–H groups in total. The molecule has 8 heteroatoms. The smallest absolute Gasteiger partial charge is 0.240 e. The van der Waals surface area contributed by atoms with Gasteiger partial charge in [-0.1, -0.05) is 32.6 Å². The lowest BCUT2D eigenvalue weighted by atomic mass is 9.90. The zero-order chi connectivity index (χ0) is 20.7. The van der Waals surface area contributed by atoms with Crippen LogP contribution in [0.3, 0.4) is 0 Å². The molecule has 1 rings (SSSR count). The Morgan fingerprint density at radius 3 is 2.22 bits per heavy atom. The van der Waals surface area contributed by atoms with Gasteiger partial charge < -0.3 is 27.2 Å².